The van der Waals surface area contributed by atoms with E-state index in [4.69, 9.17) is 17.3 Å². The molecule has 1 aliphatic rings. The number of halogens is 1. The molecule has 0 amide bonds. The van der Waals surface area contributed by atoms with Crippen LogP contribution in [0.2, 0.25) is 5.02 Å². The van der Waals surface area contributed by atoms with Crippen LogP contribution in [0.4, 0.5) is 5.69 Å². The van der Waals surface area contributed by atoms with Crippen LogP contribution in [0.25, 0.3) is 0 Å². The van der Waals surface area contributed by atoms with Crippen LogP contribution in [0.1, 0.15) is 31.2 Å². The molecule has 17 heavy (non-hydrogen) atoms. The number of benzene rings is 1. The molecule has 0 unspecified atom stereocenters. The van der Waals surface area contributed by atoms with E-state index in [9.17, 15) is 0 Å². The molecule has 0 spiro atoms. The van der Waals surface area contributed by atoms with Crippen molar-refractivity contribution in [2.45, 2.75) is 32.1 Å². The standard InChI is InChI=1S/C14H21ClN2/c15-13-6-5-7-14(12(13)8-9-16)17-10-3-1-2-4-11-17/h5-7H,1-4,8-11,16H2. The van der Waals surface area contributed by atoms with Crippen molar-refractivity contribution in [2.24, 2.45) is 5.73 Å². The SMILES string of the molecule is NCCc1c(Cl)cccc1N1CCCCCC1. The van der Waals surface area contributed by atoms with E-state index in [2.05, 4.69) is 11.0 Å². The molecule has 0 radical (unpaired) electrons. The van der Waals surface area contributed by atoms with Crippen LogP contribution < -0.4 is 10.6 Å². The summed E-state index contributed by atoms with van der Waals surface area (Å²) in [4.78, 5) is 2.48. The lowest BCUT2D eigenvalue weighted by atomic mass is 10.1. The van der Waals surface area contributed by atoms with Crippen LogP contribution in [-0.2, 0) is 6.42 Å². The number of hydrogen-bond donors (Lipinski definition) is 1. The molecule has 1 aromatic carbocycles. The third kappa shape index (κ3) is 3.14. The Bertz CT molecular complexity index is 357. The van der Waals surface area contributed by atoms with Gasteiger partial charge in [-0.3, -0.25) is 0 Å². The predicted octanol–water partition coefficient (Wildman–Crippen LogP) is 3.22. The number of anilines is 1. The maximum Gasteiger partial charge on any atom is 0.0459 e. The Balaban J connectivity index is 2.25. The molecule has 0 bridgehead atoms. The van der Waals surface area contributed by atoms with Gasteiger partial charge in [-0.05, 0) is 43.5 Å². The van der Waals surface area contributed by atoms with E-state index < -0.39 is 0 Å². The number of hydrogen-bond acceptors (Lipinski definition) is 2. The molecule has 0 aromatic heterocycles. The topological polar surface area (TPSA) is 29.3 Å². The van der Waals surface area contributed by atoms with Crippen LogP contribution in [0.3, 0.4) is 0 Å². The van der Waals surface area contributed by atoms with Gasteiger partial charge in [0.15, 0.2) is 0 Å². The predicted molar refractivity (Wildman–Crippen MR) is 74.9 cm³/mol. The first-order valence-electron chi connectivity index (χ1n) is 6.55. The second-order valence-corrected chi connectivity index (χ2v) is 5.08. The summed E-state index contributed by atoms with van der Waals surface area (Å²) >= 11 is 6.29. The maximum absolute atomic E-state index is 6.29. The summed E-state index contributed by atoms with van der Waals surface area (Å²) in [5, 5.41) is 0.859. The van der Waals surface area contributed by atoms with Crippen LogP contribution in [0.15, 0.2) is 18.2 Å². The molecular weight excluding hydrogens is 232 g/mol. The van der Waals surface area contributed by atoms with E-state index >= 15 is 0 Å². The van der Waals surface area contributed by atoms with Gasteiger partial charge < -0.3 is 10.6 Å². The minimum absolute atomic E-state index is 0.657. The van der Waals surface area contributed by atoms with E-state index in [1.165, 1.54) is 36.9 Å². The monoisotopic (exact) mass is 252 g/mol. The first kappa shape index (κ1) is 12.7. The molecular formula is C14H21ClN2. The van der Waals surface area contributed by atoms with Gasteiger partial charge in [0.05, 0.1) is 0 Å². The highest BCUT2D eigenvalue weighted by Gasteiger charge is 2.14. The van der Waals surface area contributed by atoms with Gasteiger partial charge in [-0.2, -0.15) is 0 Å². The largest absolute Gasteiger partial charge is 0.371 e. The molecule has 1 fully saturated rings. The van der Waals surface area contributed by atoms with E-state index in [0.29, 0.717) is 6.54 Å². The first-order valence-corrected chi connectivity index (χ1v) is 6.93. The second kappa shape index (κ2) is 6.27. The Morgan fingerprint density at radius 1 is 1.12 bits per heavy atom. The quantitative estimate of drug-likeness (QED) is 0.895. The zero-order valence-corrected chi connectivity index (χ0v) is 11.0. The average Bonchev–Trinajstić information content (AvgIpc) is 2.60. The highest BCUT2D eigenvalue weighted by Crippen LogP contribution is 2.29. The summed E-state index contributed by atoms with van der Waals surface area (Å²) < 4.78 is 0. The van der Waals surface area contributed by atoms with Crippen LogP contribution >= 0.6 is 11.6 Å². The highest BCUT2D eigenvalue weighted by atomic mass is 35.5. The van der Waals surface area contributed by atoms with Gasteiger partial charge in [0.2, 0.25) is 0 Å². The summed E-state index contributed by atoms with van der Waals surface area (Å²) in [5.74, 6) is 0. The molecule has 0 atom stereocenters. The Hall–Kier alpha value is -0.730. The molecule has 2 rings (SSSR count). The number of rotatable bonds is 3. The van der Waals surface area contributed by atoms with Gasteiger partial charge >= 0.3 is 0 Å². The summed E-state index contributed by atoms with van der Waals surface area (Å²) in [5.41, 5.74) is 8.20. The molecule has 0 saturated carbocycles. The van der Waals surface area contributed by atoms with Crippen molar-refractivity contribution < 1.29 is 0 Å². The van der Waals surface area contributed by atoms with Crippen molar-refractivity contribution in [3.8, 4) is 0 Å². The van der Waals surface area contributed by atoms with E-state index in [1.54, 1.807) is 0 Å². The third-order valence-corrected chi connectivity index (χ3v) is 3.79. The Morgan fingerprint density at radius 2 is 1.82 bits per heavy atom. The van der Waals surface area contributed by atoms with Gasteiger partial charge in [-0.15, -0.1) is 0 Å². The van der Waals surface area contributed by atoms with Crippen molar-refractivity contribution in [3.63, 3.8) is 0 Å². The highest BCUT2D eigenvalue weighted by molar-refractivity contribution is 6.31. The Labute approximate surface area is 109 Å². The summed E-state index contributed by atoms with van der Waals surface area (Å²) in [6.45, 7) is 2.96. The maximum atomic E-state index is 6.29. The lowest BCUT2D eigenvalue weighted by Crippen LogP contribution is -2.25. The van der Waals surface area contributed by atoms with Crippen molar-refractivity contribution in [1.82, 2.24) is 0 Å². The minimum Gasteiger partial charge on any atom is -0.371 e. The summed E-state index contributed by atoms with van der Waals surface area (Å²) in [6, 6.07) is 6.19. The van der Waals surface area contributed by atoms with Crippen molar-refractivity contribution >= 4 is 17.3 Å². The molecule has 1 aliphatic heterocycles. The molecule has 3 heteroatoms. The fourth-order valence-corrected chi connectivity index (χ4v) is 2.81. The molecule has 1 saturated heterocycles. The molecule has 2 N–H and O–H groups in total. The first-order chi connectivity index (χ1) is 8.33. The third-order valence-electron chi connectivity index (χ3n) is 3.44. The average molecular weight is 253 g/mol. The molecule has 1 heterocycles. The zero-order chi connectivity index (χ0) is 12.1. The number of nitrogens with zero attached hydrogens (tertiary/aromatic N) is 1. The minimum atomic E-state index is 0.657. The molecule has 0 aliphatic carbocycles. The van der Waals surface area contributed by atoms with E-state index in [0.717, 1.165) is 24.5 Å². The Morgan fingerprint density at radius 3 is 2.47 bits per heavy atom. The molecule has 1 aromatic rings. The summed E-state index contributed by atoms with van der Waals surface area (Å²) in [6.07, 6.45) is 6.14. The normalized spacial score (nSPS) is 16.9. The van der Waals surface area contributed by atoms with Gasteiger partial charge in [0.25, 0.3) is 0 Å². The fourth-order valence-electron chi connectivity index (χ4n) is 2.55. The number of nitrogens with two attached hydrogens (primary N) is 1. The lowest BCUT2D eigenvalue weighted by molar-refractivity contribution is 0.726. The van der Waals surface area contributed by atoms with Crippen LogP contribution in [-0.4, -0.2) is 19.6 Å². The smallest absolute Gasteiger partial charge is 0.0459 e. The Kier molecular flexibility index (Phi) is 4.69. The van der Waals surface area contributed by atoms with Gasteiger partial charge in [-0.25, -0.2) is 0 Å². The van der Waals surface area contributed by atoms with Gasteiger partial charge in [0.1, 0.15) is 0 Å². The second-order valence-electron chi connectivity index (χ2n) is 4.68. The van der Waals surface area contributed by atoms with Crippen molar-refractivity contribution in [2.75, 3.05) is 24.5 Å². The molecule has 2 nitrogen and oxygen atoms in total. The van der Waals surface area contributed by atoms with Crippen molar-refractivity contribution in [3.05, 3.63) is 28.8 Å². The fraction of sp³-hybridized carbons (Fsp3) is 0.571. The van der Waals surface area contributed by atoms with Gasteiger partial charge in [-0.1, -0.05) is 30.5 Å². The summed E-state index contributed by atoms with van der Waals surface area (Å²) in [7, 11) is 0. The zero-order valence-electron chi connectivity index (χ0n) is 10.3. The van der Waals surface area contributed by atoms with Gasteiger partial charge in [0, 0.05) is 23.8 Å². The van der Waals surface area contributed by atoms with E-state index in [1.807, 2.05) is 12.1 Å². The molecule has 94 valence electrons. The van der Waals surface area contributed by atoms with Crippen LogP contribution in [0.5, 0.6) is 0 Å². The van der Waals surface area contributed by atoms with Crippen molar-refractivity contribution in [1.29, 1.82) is 0 Å². The van der Waals surface area contributed by atoms with E-state index in [-0.39, 0.29) is 0 Å². The van der Waals surface area contributed by atoms with Crippen LogP contribution in [0, 0.1) is 0 Å². The lowest BCUT2D eigenvalue weighted by Gasteiger charge is -2.26.